The van der Waals surface area contributed by atoms with Crippen LogP contribution in [0.5, 0.6) is 0 Å². The fourth-order valence-corrected chi connectivity index (χ4v) is 4.70. The van der Waals surface area contributed by atoms with E-state index in [4.69, 9.17) is 5.10 Å². The van der Waals surface area contributed by atoms with Gasteiger partial charge in [-0.25, -0.2) is 9.50 Å². The highest BCUT2D eigenvalue weighted by Gasteiger charge is 2.29. The molecule has 21 heavy (non-hydrogen) atoms. The Balaban J connectivity index is 1.84. The Labute approximate surface area is 138 Å². The molecule has 0 aromatic carbocycles. The summed E-state index contributed by atoms with van der Waals surface area (Å²) in [6.07, 6.45) is 8.69. The molecule has 1 unspecified atom stereocenters. The van der Waals surface area contributed by atoms with Gasteiger partial charge in [-0.05, 0) is 32.7 Å². The Kier molecular flexibility index (Phi) is 3.53. The van der Waals surface area contributed by atoms with Crippen molar-refractivity contribution in [3.05, 3.63) is 23.5 Å². The third-order valence-corrected chi connectivity index (χ3v) is 5.69. The monoisotopic (exact) mass is 397 g/mol. The van der Waals surface area contributed by atoms with Crippen molar-refractivity contribution in [2.24, 2.45) is 0 Å². The summed E-state index contributed by atoms with van der Waals surface area (Å²) in [5.74, 6) is 1.20. The van der Waals surface area contributed by atoms with Crippen molar-refractivity contribution in [1.29, 1.82) is 0 Å². The molecule has 0 saturated carbocycles. The molecule has 0 N–H and O–H groups in total. The Hall–Kier alpha value is -0.890. The molecule has 112 valence electrons. The number of aromatic nitrogens is 3. The molecule has 0 bridgehead atoms. The van der Waals surface area contributed by atoms with E-state index in [1.54, 1.807) is 0 Å². The highest BCUT2D eigenvalue weighted by Crippen LogP contribution is 2.33. The van der Waals surface area contributed by atoms with Crippen LogP contribution in [-0.4, -0.2) is 50.2 Å². The third-order valence-electron chi connectivity index (χ3n) is 4.63. The quantitative estimate of drug-likeness (QED) is 0.420. The van der Waals surface area contributed by atoms with Gasteiger partial charge in [0.2, 0.25) is 0 Å². The molecule has 5 nitrogen and oxygen atoms in total. The molecule has 1 atom stereocenters. The van der Waals surface area contributed by atoms with E-state index >= 15 is 0 Å². The zero-order valence-corrected chi connectivity index (χ0v) is 14.5. The molecule has 1 aliphatic heterocycles. The van der Waals surface area contributed by atoms with Gasteiger partial charge in [0, 0.05) is 43.2 Å². The van der Waals surface area contributed by atoms with Crippen LogP contribution in [0.15, 0.2) is 12.4 Å². The van der Waals surface area contributed by atoms with Crippen LogP contribution < -0.4 is 4.90 Å². The fourth-order valence-electron chi connectivity index (χ4n) is 3.49. The zero-order valence-electron chi connectivity index (χ0n) is 12.3. The number of anilines is 1. The van der Waals surface area contributed by atoms with E-state index < -0.39 is 0 Å². The number of fused-ring (bicyclic) bond motifs is 3. The second-order valence-corrected chi connectivity index (χ2v) is 7.51. The lowest BCUT2D eigenvalue weighted by Gasteiger charge is -2.39. The summed E-state index contributed by atoms with van der Waals surface area (Å²) in [4.78, 5) is 9.41. The maximum absolute atomic E-state index is 4.90. The van der Waals surface area contributed by atoms with E-state index in [0.29, 0.717) is 4.05 Å². The first-order valence-electron chi connectivity index (χ1n) is 7.68. The summed E-state index contributed by atoms with van der Waals surface area (Å²) >= 11 is 2.55. The van der Waals surface area contributed by atoms with E-state index in [2.05, 4.69) is 44.4 Å². The number of hydrogen-bond donors (Lipinski definition) is 0. The molecule has 4 rings (SSSR count). The minimum atomic E-state index is 0.487. The van der Waals surface area contributed by atoms with Crippen LogP contribution in [0.2, 0.25) is 0 Å². The number of rotatable bonds is 1. The maximum Gasteiger partial charge on any atom is 0.157 e. The first kappa shape index (κ1) is 13.8. The average Bonchev–Trinajstić information content (AvgIpc) is 2.95. The van der Waals surface area contributed by atoms with Crippen molar-refractivity contribution in [2.45, 2.75) is 29.7 Å². The lowest BCUT2D eigenvalue weighted by molar-refractivity contribution is 0.305. The van der Waals surface area contributed by atoms with Crippen LogP contribution >= 0.6 is 22.6 Å². The van der Waals surface area contributed by atoms with Crippen LogP contribution in [0.4, 0.5) is 5.82 Å². The molecule has 1 saturated heterocycles. The molecular weight excluding hydrogens is 377 g/mol. The van der Waals surface area contributed by atoms with Gasteiger partial charge in [0.15, 0.2) is 11.5 Å². The predicted octanol–water partition coefficient (Wildman–Crippen LogP) is 2.12. The van der Waals surface area contributed by atoms with E-state index in [0.717, 1.165) is 38.1 Å². The summed E-state index contributed by atoms with van der Waals surface area (Å²) in [5.41, 5.74) is 3.94. The highest BCUT2D eigenvalue weighted by atomic mass is 127. The number of hydrogen-bond acceptors (Lipinski definition) is 4. The summed E-state index contributed by atoms with van der Waals surface area (Å²) in [6.45, 7) is 3.26. The minimum absolute atomic E-state index is 0.487. The number of alkyl halides is 1. The molecular formula is C15H20IN5. The third kappa shape index (κ3) is 2.32. The van der Waals surface area contributed by atoms with Crippen LogP contribution in [0.3, 0.4) is 0 Å². The van der Waals surface area contributed by atoms with Gasteiger partial charge in [-0.2, -0.15) is 0 Å². The van der Waals surface area contributed by atoms with Gasteiger partial charge in [-0.15, -0.1) is 5.10 Å². The summed E-state index contributed by atoms with van der Waals surface area (Å²) in [6, 6.07) is 0. The van der Waals surface area contributed by atoms with Crippen molar-refractivity contribution < 1.29 is 0 Å². The molecule has 0 amide bonds. The van der Waals surface area contributed by atoms with E-state index in [1.807, 2.05) is 16.9 Å². The number of imidazole rings is 1. The second kappa shape index (κ2) is 5.39. The van der Waals surface area contributed by atoms with Crippen molar-refractivity contribution >= 4 is 34.1 Å². The van der Waals surface area contributed by atoms with E-state index in [1.165, 1.54) is 29.8 Å². The van der Waals surface area contributed by atoms with Gasteiger partial charge in [0.1, 0.15) is 0 Å². The van der Waals surface area contributed by atoms with Crippen LogP contribution in [-0.2, 0) is 12.8 Å². The second-order valence-electron chi connectivity index (χ2n) is 6.07. The SMILES string of the molecule is CN1CCN(c2nn3ccnc3c3c2CCCC3)C(I)C1. The number of halogens is 1. The Morgan fingerprint density at radius 3 is 2.81 bits per heavy atom. The van der Waals surface area contributed by atoms with Gasteiger partial charge in [0.05, 0.1) is 4.05 Å². The van der Waals surface area contributed by atoms with Crippen LogP contribution in [0.1, 0.15) is 24.0 Å². The number of likely N-dealkylation sites (N-methyl/N-ethyl adjacent to an activating group) is 1. The van der Waals surface area contributed by atoms with Gasteiger partial charge < -0.3 is 9.80 Å². The van der Waals surface area contributed by atoms with E-state index in [-0.39, 0.29) is 0 Å². The normalized spacial score (nSPS) is 23.5. The largest absolute Gasteiger partial charge is 0.340 e. The smallest absolute Gasteiger partial charge is 0.157 e. The first-order valence-corrected chi connectivity index (χ1v) is 8.93. The lowest BCUT2D eigenvalue weighted by Crippen LogP contribution is -2.50. The standard InChI is InChI=1S/C15H20IN5/c1-19-8-9-20(13(16)10-19)15-12-5-3-2-4-11(12)14-17-6-7-21(14)18-15/h6-7,13H,2-5,8-10H2,1H3. The van der Waals surface area contributed by atoms with Gasteiger partial charge in [-0.3, -0.25) is 0 Å². The summed E-state index contributed by atoms with van der Waals surface area (Å²) < 4.78 is 2.46. The first-order chi connectivity index (χ1) is 10.2. The van der Waals surface area contributed by atoms with Crippen molar-refractivity contribution in [2.75, 3.05) is 31.6 Å². The number of nitrogens with zero attached hydrogens (tertiary/aromatic N) is 5. The lowest BCUT2D eigenvalue weighted by atomic mass is 9.92. The highest BCUT2D eigenvalue weighted by molar-refractivity contribution is 14.1. The number of piperazine rings is 1. The molecule has 6 heteroatoms. The summed E-state index contributed by atoms with van der Waals surface area (Å²) in [7, 11) is 2.20. The van der Waals surface area contributed by atoms with Crippen LogP contribution in [0, 0.1) is 0 Å². The number of aryl methyl sites for hydroxylation is 1. The van der Waals surface area contributed by atoms with E-state index in [9.17, 15) is 0 Å². The molecule has 0 radical (unpaired) electrons. The molecule has 2 aromatic rings. The molecule has 1 aliphatic carbocycles. The van der Waals surface area contributed by atoms with Crippen LogP contribution in [0.25, 0.3) is 5.65 Å². The Bertz CT molecular complexity index is 667. The molecule has 3 heterocycles. The Morgan fingerprint density at radius 1 is 1.19 bits per heavy atom. The van der Waals surface area contributed by atoms with Crippen molar-refractivity contribution in [3.63, 3.8) is 0 Å². The fraction of sp³-hybridized carbons (Fsp3) is 0.600. The zero-order chi connectivity index (χ0) is 14.4. The topological polar surface area (TPSA) is 36.7 Å². The Morgan fingerprint density at radius 2 is 2.00 bits per heavy atom. The maximum atomic E-state index is 4.90. The van der Waals surface area contributed by atoms with Crippen molar-refractivity contribution in [3.8, 4) is 0 Å². The van der Waals surface area contributed by atoms with Gasteiger partial charge in [-0.1, -0.05) is 22.6 Å². The molecule has 2 aromatic heterocycles. The molecule has 1 fully saturated rings. The van der Waals surface area contributed by atoms with Crippen molar-refractivity contribution in [1.82, 2.24) is 19.5 Å². The van der Waals surface area contributed by atoms with Gasteiger partial charge >= 0.3 is 0 Å². The average molecular weight is 397 g/mol. The predicted molar refractivity (Wildman–Crippen MR) is 92.3 cm³/mol. The summed E-state index contributed by atoms with van der Waals surface area (Å²) in [5, 5.41) is 4.90. The minimum Gasteiger partial charge on any atom is -0.340 e. The van der Waals surface area contributed by atoms with Gasteiger partial charge in [0.25, 0.3) is 0 Å². The molecule has 2 aliphatic rings. The molecule has 0 spiro atoms.